The Morgan fingerprint density at radius 1 is 1.33 bits per heavy atom. The highest BCUT2D eigenvalue weighted by Gasteiger charge is 2.42. The fraction of sp³-hybridized carbons (Fsp3) is 0.385. The Kier molecular flexibility index (Phi) is 3.41. The van der Waals surface area contributed by atoms with E-state index in [1.165, 1.54) is 19.4 Å². The topological polar surface area (TPSA) is 44.5 Å². The normalized spacial score (nSPS) is 17.1. The Hall–Kier alpha value is -1.78. The minimum atomic E-state index is -2.86. The molecular formula is C13H15F2NO2. The molecule has 2 N–H and O–H groups in total. The van der Waals surface area contributed by atoms with Crippen molar-refractivity contribution in [3.8, 4) is 11.5 Å². The van der Waals surface area contributed by atoms with Crippen molar-refractivity contribution in [2.75, 3.05) is 7.11 Å². The molecule has 1 fully saturated rings. The molecule has 0 heterocycles. The van der Waals surface area contributed by atoms with Crippen molar-refractivity contribution in [1.82, 2.24) is 0 Å². The summed E-state index contributed by atoms with van der Waals surface area (Å²) in [4.78, 5) is 0. The van der Waals surface area contributed by atoms with Crippen LogP contribution in [0.2, 0.25) is 0 Å². The van der Waals surface area contributed by atoms with Crippen molar-refractivity contribution < 1.29 is 18.3 Å². The Balaban J connectivity index is 2.30. The lowest BCUT2D eigenvalue weighted by Gasteiger charge is -2.15. The summed E-state index contributed by atoms with van der Waals surface area (Å²) in [6.45, 7) is -2.86. The summed E-state index contributed by atoms with van der Waals surface area (Å²) < 4.78 is 33.9. The molecule has 1 aliphatic rings. The van der Waals surface area contributed by atoms with Crippen molar-refractivity contribution in [2.24, 2.45) is 5.73 Å². The van der Waals surface area contributed by atoms with E-state index in [4.69, 9.17) is 10.5 Å². The third-order valence-corrected chi connectivity index (χ3v) is 3.16. The van der Waals surface area contributed by atoms with E-state index in [1.54, 1.807) is 12.1 Å². The van der Waals surface area contributed by atoms with E-state index in [1.807, 2.05) is 6.08 Å². The molecule has 0 atom stereocenters. The fourth-order valence-electron chi connectivity index (χ4n) is 2.04. The number of nitrogens with two attached hydrogens (primary N) is 1. The smallest absolute Gasteiger partial charge is 0.387 e. The molecule has 0 saturated heterocycles. The Labute approximate surface area is 104 Å². The lowest BCUT2D eigenvalue weighted by Crippen LogP contribution is -2.07. The van der Waals surface area contributed by atoms with Crippen LogP contribution in [-0.4, -0.2) is 13.7 Å². The minimum absolute atomic E-state index is 0.0452. The highest BCUT2D eigenvalue weighted by Crippen LogP contribution is 2.50. The van der Waals surface area contributed by atoms with Gasteiger partial charge in [-0.05, 0) is 36.7 Å². The lowest BCUT2D eigenvalue weighted by atomic mass is 9.95. The van der Waals surface area contributed by atoms with Crippen LogP contribution in [0.3, 0.4) is 0 Å². The van der Waals surface area contributed by atoms with Crippen LogP contribution < -0.4 is 15.2 Å². The molecule has 0 spiro atoms. The average Bonchev–Trinajstić information content (AvgIpc) is 3.10. The first-order chi connectivity index (χ1) is 8.61. The van der Waals surface area contributed by atoms with Gasteiger partial charge in [-0.15, -0.1) is 0 Å². The van der Waals surface area contributed by atoms with Gasteiger partial charge in [-0.3, -0.25) is 0 Å². The Morgan fingerprint density at radius 3 is 2.56 bits per heavy atom. The molecule has 1 aromatic carbocycles. The van der Waals surface area contributed by atoms with Gasteiger partial charge in [-0.25, -0.2) is 0 Å². The van der Waals surface area contributed by atoms with Gasteiger partial charge in [-0.2, -0.15) is 8.78 Å². The van der Waals surface area contributed by atoms with E-state index in [0.717, 1.165) is 18.4 Å². The Bertz CT molecular complexity index is 456. The molecule has 3 nitrogen and oxygen atoms in total. The van der Waals surface area contributed by atoms with Crippen LogP contribution in [0.5, 0.6) is 11.5 Å². The average molecular weight is 255 g/mol. The quantitative estimate of drug-likeness (QED) is 0.879. The van der Waals surface area contributed by atoms with Crippen LogP contribution in [0.15, 0.2) is 30.5 Å². The van der Waals surface area contributed by atoms with Gasteiger partial charge in [0.1, 0.15) is 0 Å². The van der Waals surface area contributed by atoms with Crippen LogP contribution >= 0.6 is 0 Å². The third kappa shape index (κ3) is 2.39. The van der Waals surface area contributed by atoms with Crippen LogP contribution in [-0.2, 0) is 5.41 Å². The first-order valence-corrected chi connectivity index (χ1v) is 5.64. The third-order valence-electron chi connectivity index (χ3n) is 3.16. The zero-order valence-electron chi connectivity index (χ0n) is 10.0. The number of alkyl halides is 2. The maximum atomic E-state index is 12.2. The van der Waals surface area contributed by atoms with Gasteiger partial charge in [0.25, 0.3) is 0 Å². The van der Waals surface area contributed by atoms with E-state index in [2.05, 4.69) is 4.74 Å². The van der Waals surface area contributed by atoms with Gasteiger partial charge < -0.3 is 15.2 Å². The molecule has 2 rings (SSSR count). The number of rotatable bonds is 5. The summed E-state index contributed by atoms with van der Waals surface area (Å²) in [6, 6.07) is 5.00. The second-order valence-electron chi connectivity index (χ2n) is 4.26. The number of benzene rings is 1. The molecule has 18 heavy (non-hydrogen) atoms. The monoisotopic (exact) mass is 255 g/mol. The van der Waals surface area contributed by atoms with Crippen LogP contribution in [0.25, 0.3) is 0 Å². The molecule has 5 heteroatoms. The van der Waals surface area contributed by atoms with Gasteiger partial charge in [0.15, 0.2) is 11.5 Å². The number of allylic oxidation sites excluding steroid dienone is 1. The van der Waals surface area contributed by atoms with E-state index >= 15 is 0 Å². The second-order valence-corrected chi connectivity index (χ2v) is 4.26. The first-order valence-electron chi connectivity index (χ1n) is 5.64. The summed E-state index contributed by atoms with van der Waals surface area (Å²) in [5.41, 5.74) is 6.36. The highest BCUT2D eigenvalue weighted by molar-refractivity contribution is 5.48. The molecule has 1 saturated carbocycles. The summed E-state index contributed by atoms with van der Waals surface area (Å²) in [6.07, 6.45) is 5.44. The molecule has 0 aliphatic heterocycles. The molecule has 0 radical (unpaired) electrons. The van der Waals surface area contributed by atoms with Gasteiger partial charge in [-0.1, -0.05) is 12.1 Å². The van der Waals surface area contributed by atoms with E-state index < -0.39 is 6.61 Å². The largest absolute Gasteiger partial charge is 0.493 e. The zero-order chi connectivity index (χ0) is 13.2. The van der Waals surface area contributed by atoms with Crippen molar-refractivity contribution in [1.29, 1.82) is 0 Å². The summed E-state index contributed by atoms with van der Waals surface area (Å²) in [7, 11) is 1.43. The molecule has 1 aliphatic carbocycles. The molecule has 0 bridgehead atoms. The molecule has 1 aromatic rings. The molecule has 98 valence electrons. The number of ether oxygens (including phenoxy) is 2. The predicted molar refractivity (Wildman–Crippen MR) is 63.9 cm³/mol. The lowest BCUT2D eigenvalue weighted by molar-refractivity contribution is -0.0512. The summed E-state index contributed by atoms with van der Waals surface area (Å²) >= 11 is 0. The highest BCUT2D eigenvalue weighted by atomic mass is 19.3. The second kappa shape index (κ2) is 4.84. The number of hydrogen-bond acceptors (Lipinski definition) is 3. The van der Waals surface area contributed by atoms with Gasteiger partial charge in [0.05, 0.1) is 7.11 Å². The van der Waals surface area contributed by atoms with E-state index in [0.29, 0.717) is 5.75 Å². The van der Waals surface area contributed by atoms with Crippen molar-refractivity contribution >= 4 is 0 Å². The van der Waals surface area contributed by atoms with Crippen LogP contribution in [0.4, 0.5) is 8.78 Å². The first kappa shape index (κ1) is 12.7. The van der Waals surface area contributed by atoms with Crippen LogP contribution in [0, 0.1) is 0 Å². The fourth-order valence-corrected chi connectivity index (χ4v) is 2.04. The van der Waals surface area contributed by atoms with Crippen molar-refractivity contribution in [3.63, 3.8) is 0 Å². The molecular weight excluding hydrogens is 240 g/mol. The molecule has 0 aromatic heterocycles. The molecule has 0 unspecified atom stereocenters. The number of hydrogen-bond donors (Lipinski definition) is 1. The van der Waals surface area contributed by atoms with Gasteiger partial charge >= 0.3 is 6.61 Å². The number of halogens is 2. The summed E-state index contributed by atoms with van der Waals surface area (Å²) in [5, 5.41) is 0. The Morgan fingerprint density at radius 2 is 2.06 bits per heavy atom. The SMILES string of the molecule is COc1cc(C2(/C=C/N)CC2)ccc1OC(F)F. The zero-order valence-corrected chi connectivity index (χ0v) is 10.0. The van der Waals surface area contributed by atoms with Crippen molar-refractivity contribution in [3.05, 3.63) is 36.0 Å². The standard InChI is InChI=1S/C13H15F2NO2/c1-17-11-8-9(13(4-5-13)6-7-16)2-3-10(11)18-12(14)15/h2-3,6-8,12H,4-5,16H2,1H3/b7-6+. The predicted octanol–water partition coefficient (Wildman–Crippen LogP) is 2.80. The maximum absolute atomic E-state index is 12.2. The van der Waals surface area contributed by atoms with Crippen molar-refractivity contribution in [2.45, 2.75) is 24.9 Å². The van der Waals surface area contributed by atoms with Gasteiger partial charge in [0.2, 0.25) is 0 Å². The van der Waals surface area contributed by atoms with E-state index in [9.17, 15) is 8.78 Å². The maximum Gasteiger partial charge on any atom is 0.387 e. The number of methoxy groups -OCH3 is 1. The molecule has 0 amide bonds. The van der Waals surface area contributed by atoms with E-state index in [-0.39, 0.29) is 11.2 Å². The minimum Gasteiger partial charge on any atom is -0.493 e. The van der Waals surface area contributed by atoms with Gasteiger partial charge in [0, 0.05) is 5.41 Å². The summed E-state index contributed by atoms with van der Waals surface area (Å²) in [5.74, 6) is 0.355. The van der Waals surface area contributed by atoms with Crippen LogP contribution in [0.1, 0.15) is 18.4 Å².